The summed E-state index contributed by atoms with van der Waals surface area (Å²) in [4.78, 5) is 31.4. The van der Waals surface area contributed by atoms with Crippen LogP contribution in [0.2, 0.25) is 0 Å². The van der Waals surface area contributed by atoms with E-state index < -0.39 is 5.85 Å². The monoisotopic (exact) mass is 604 g/mol. The minimum Gasteiger partial charge on any atom is -0.490 e. The van der Waals surface area contributed by atoms with Crippen molar-refractivity contribution in [1.82, 2.24) is 20.1 Å². The molecular weight excluding hydrogens is 559 g/mol. The van der Waals surface area contributed by atoms with Gasteiger partial charge in [-0.2, -0.15) is 4.39 Å². The first-order valence-electron chi connectivity index (χ1n) is 15.4. The molecule has 0 saturated carbocycles. The van der Waals surface area contributed by atoms with Gasteiger partial charge in [0.15, 0.2) is 6.29 Å². The Morgan fingerprint density at radius 3 is 2.14 bits per heavy atom. The summed E-state index contributed by atoms with van der Waals surface area (Å²) in [6.45, 7) is 9.36. The van der Waals surface area contributed by atoms with E-state index in [0.29, 0.717) is 36.1 Å². The fourth-order valence-electron chi connectivity index (χ4n) is 5.33. The van der Waals surface area contributed by atoms with Crippen molar-refractivity contribution >= 4 is 12.2 Å². The summed E-state index contributed by atoms with van der Waals surface area (Å²) in [6.07, 6.45) is 6.27. The van der Waals surface area contributed by atoms with Crippen LogP contribution < -0.4 is 14.8 Å². The number of aryl methyl sites for hydroxylation is 1. The fourth-order valence-corrected chi connectivity index (χ4v) is 5.33. The normalized spacial score (nSPS) is 16.5. The summed E-state index contributed by atoms with van der Waals surface area (Å²) in [5.41, 5.74) is 3.29. The van der Waals surface area contributed by atoms with Gasteiger partial charge in [0.1, 0.15) is 23.3 Å². The molecule has 2 saturated heterocycles. The van der Waals surface area contributed by atoms with E-state index in [1.165, 1.54) is 44.0 Å². The molecule has 0 spiro atoms. The molecule has 44 heavy (non-hydrogen) atoms. The first-order valence-corrected chi connectivity index (χ1v) is 15.4. The number of nitrogens with one attached hydrogen (secondary N) is 1. The van der Waals surface area contributed by atoms with Gasteiger partial charge in [-0.3, -0.25) is 19.5 Å². The molecule has 1 N–H and O–H groups in total. The van der Waals surface area contributed by atoms with Crippen molar-refractivity contribution in [3.05, 3.63) is 89.2 Å². The molecule has 5 rings (SSSR count). The van der Waals surface area contributed by atoms with E-state index in [1.807, 2.05) is 62.5 Å². The number of piperidine rings is 2. The van der Waals surface area contributed by atoms with Gasteiger partial charge in [0.05, 0.1) is 0 Å². The summed E-state index contributed by atoms with van der Waals surface area (Å²) in [6, 6.07) is 19.6. The molecule has 2 aliphatic rings. The van der Waals surface area contributed by atoms with E-state index in [2.05, 4.69) is 15.2 Å². The molecule has 1 amide bonds. The van der Waals surface area contributed by atoms with E-state index >= 15 is 0 Å². The minimum absolute atomic E-state index is 0.0961. The number of ether oxygens (including phenoxy) is 2. The topological polar surface area (TPSA) is 84.0 Å². The van der Waals surface area contributed by atoms with Gasteiger partial charge in [0, 0.05) is 64.1 Å². The molecule has 0 radical (unpaired) electrons. The number of nitrogens with zero attached hydrogens (tertiary/aromatic N) is 3. The highest BCUT2D eigenvalue weighted by atomic mass is 19.2. The number of benzene rings is 2. The van der Waals surface area contributed by atoms with E-state index in [0.717, 1.165) is 44.5 Å². The van der Waals surface area contributed by atoms with Gasteiger partial charge in [0.2, 0.25) is 5.85 Å². The van der Waals surface area contributed by atoms with Crippen LogP contribution in [-0.2, 0) is 6.54 Å². The number of rotatable bonds is 9. The molecule has 0 bridgehead atoms. The van der Waals surface area contributed by atoms with Gasteiger partial charge in [0.25, 0.3) is 5.91 Å². The number of carbonyl (C=O) groups is 2. The van der Waals surface area contributed by atoms with Gasteiger partial charge >= 0.3 is 0 Å². The van der Waals surface area contributed by atoms with Crippen LogP contribution in [0, 0.1) is 6.92 Å². The van der Waals surface area contributed by atoms with Crippen molar-refractivity contribution in [3.63, 3.8) is 0 Å². The van der Waals surface area contributed by atoms with E-state index in [9.17, 15) is 14.0 Å². The second-order valence-electron chi connectivity index (χ2n) is 12.0. The molecular formula is C35H45FN4O4. The van der Waals surface area contributed by atoms with E-state index in [-0.39, 0.29) is 12.0 Å². The van der Waals surface area contributed by atoms with Crippen LogP contribution in [0.1, 0.15) is 71.5 Å². The number of alkyl halides is 1. The van der Waals surface area contributed by atoms with Crippen LogP contribution in [0.5, 0.6) is 11.5 Å². The lowest BCUT2D eigenvalue weighted by Gasteiger charge is -2.32. The number of hydrogen-bond donors (Lipinski definition) is 1. The molecule has 3 heterocycles. The highest BCUT2D eigenvalue weighted by molar-refractivity contribution is 5.92. The quantitative estimate of drug-likeness (QED) is 0.307. The summed E-state index contributed by atoms with van der Waals surface area (Å²) in [7, 11) is 2.03. The Hall–Kier alpha value is -3.82. The Morgan fingerprint density at radius 1 is 0.955 bits per heavy atom. The molecule has 2 aliphatic heterocycles. The van der Waals surface area contributed by atoms with Crippen LogP contribution in [0.3, 0.4) is 0 Å². The number of pyridine rings is 1. The number of halogens is 1. The third-order valence-electron chi connectivity index (χ3n) is 7.88. The fraction of sp³-hybridized carbons (Fsp3) is 0.457. The maximum Gasteiger partial charge on any atom is 0.272 e. The largest absolute Gasteiger partial charge is 0.490 e. The third-order valence-corrected chi connectivity index (χ3v) is 7.88. The number of hydrogen-bond acceptors (Lipinski definition) is 7. The summed E-state index contributed by atoms with van der Waals surface area (Å²) >= 11 is 0. The number of likely N-dealkylation sites (tertiary alicyclic amines) is 2. The van der Waals surface area contributed by atoms with Crippen molar-refractivity contribution in [2.24, 2.45) is 0 Å². The zero-order valence-electron chi connectivity index (χ0n) is 26.3. The van der Waals surface area contributed by atoms with Crippen LogP contribution in [0.15, 0.2) is 66.9 Å². The first kappa shape index (κ1) is 33.1. The van der Waals surface area contributed by atoms with Gasteiger partial charge in [-0.15, -0.1) is 0 Å². The second-order valence-corrected chi connectivity index (χ2v) is 12.0. The van der Waals surface area contributed by atoms with Gasteiger partial charge in [-0.1, -0.05) is 29.8 Å². The van der Waals surface area contributed by atoms with Gasteiger partial charge in [-0.05, 0) is 81.9 Å². The molecule has 1 aromatic heterocycles. The predicted octanol–water partition coefficient (Wildman–Crippen LogP) is 5.84. The number of aromatic nitrogens is 1. The smallest absolute Gasteiger partial charge is 0.272 e. The van der Waals surface area contributed by atoms with Crippen LogP contribution in [-0.4, -0.2) is 78.2 Å². The summed E-state index contributed by atoms with van der Waals surface area (Å²) in [5.74, 6) is -0.274. The SMILES string of the molecule is CNC1CCN(Cc2ccc(OC(C)(C)F)cc2)CC1.Cc1ccc(OC2CCN(C(=O)c3ccc(C=O)cn3)CC2)cc1. The van der Waals surface area contributed by atoms with Crippen molar-refractivity contribution in [2.75, 3.05) is 33.2 Å². The van der Waals surface area contributed by atoms with Crippen molar-refractivity contribution in [2.45, 2.75) is 71.0 Å². The number of amides is 1. The van der Waals surface area contributed by atoms with E-state index in [1.54, 1.807) is 17.0 Å². The zero-order chi connectivity index (χ0) is 31.5. The van der Waals surface area contributed by atoms with Crippen molar-refractivity contribution < 1.29 is 23.5 Å². The Kier molecular flexibility index (Phi) is 11.9. The third kappa shape index (κ3) is 10.4. The second kappa shape index (κ2) is 15.8. The highest BCUT2D eigenvalue weighted by Crippen LogP contribution is 2.22. The molecule has 2 aromatic carbocycles. The summed E-state index contributed by atoms with van der Waals surface area (Å²) in [5, 5.41) is 3.34. The van der Waals surface area contributed by atoms with Crippen LogP contribution in [0.4, 0.5) is 4.39 Å². The minimum atomic E-state index is -1.63. The lowest BCUT2D eigenvalue weighted by molar-refractivity contribution is -0.0257. The van der Waals surface area contributed by atoms with E-state index in [4.69, 9.17) is 9.47 Å². The molecule has 9 heteroatoms. The maximum absolute atomic E-state index is 13.4. The molecule has 236 valence electrons. The predicted molar refractivity (Wildman–Crippen MR) is 170 cm³/mol. The maximum atomic E-state index is 13.4. The van der Waals surface area contributed by atoms with Crippen LogP contribution >= 0.6 is 0 Å². The number of aldehydes is 1. The standard InChI is InChI=1S/C19H20N2O3.C16H25FN2O/c1-14-2-5-16(6-3-14)24-17-8-10-21(11-9-17)19(23)18-7-4-15(13-22)12-20-18;1-16(2,17)20-15-6-4-13(5-7-15)12-19-10-8-14(18-3)9-11-19/h2-7,12-13,17H,8-11H2,1H3;4-7,14,18H,8-12H2,1-3H3. The molecule has 2 fully saturated rings. The lowest BCUT2D eigenvalue weighted by atomic mass is 10.0. The van der Waals surface area contributed by atoms with Gasteiger partial charge in [-0.25, -0.2) is 0 Å². The molecule has 0 atom stereocenters. The summed E-state index contributed by atoms with van der Waals surface area (Å²) < 4.78 is 24.6. The molecule has 8 nitrogen and oxygen atoms in total. The Labute approximate surface area is 260 Å². The zero-order valence-corrected chi connectivity index (χ0v) is 26.3. The molecule has 0 aliphatic carbocycles. The van der Waals surface area contributed by atoms with Crippen molar-refractivity contribution in [1.29, 1.82) is 0 Å². The Balaban J connectivity index is 0.000000204. The number of carbonyl (C=O) groups excluding carboxylic acids is 2. The van der Waals surface area contributed by atoms with Crippen LogP contribution in [0.25, 0.3) is 0 Å². The molecule has 3 aromatic rings. The average molecular weight is 605 g/mol. The van der Waals surface area contributed by atoms with Crippen molar-refractivity contribution in [3.8, 4) is 11.5 Å². The highest BCUT2D eigenvalue weighted by Gasteiger charge is 2.25. The Bertz CT molecular complexity index is 1310. The van der Waals surface area contributed by atoms with Gasteiger partial charge < -0.3 is 19.7 Å². The lowest BCUT2D eigenvalue weighted by Crippen LogP contribution is -2.42. The Morgan fingerprint density at radius 2 is 1.59 bits per heavy atom. The first-order chi connectivity index (χ1) is 21.1. The average Bonchev–Trinajstić information content (AvgIpc) is 3.03. The molecule has 0 unspecified atom stereocenters.